The van der Waals surface area contributed by atoms with Crippen molar-refractivity contribution < 1.29 is 32.3 Å². The molecule has 0 radical (unpaired) electrons. The number of rotatable bonds is 8. The van der Waals surface area contributed by atoms with E-state index in [0.717, 1.165) is 47.3 Å². The van der Waals surface area contributed by atoms with E-state index >= 15 is 0 Å². The van der Waals surface area contributed by atoms with E-state index in [0.29, 0.717) is 42.1 Å². The molecule has 4 heterocycles. The van der Waals surface area contributed by atoms with Crippen LogP contribution in [0.25, 0.3) is 21.6 Å². The fourth-order valence-electron chi connectivity index (χ4n) is 7.10. The van der Waals surface area contributed by atoms with Crippen molar-refractivity contribution in [2.45, 2.75) is 101 Å². The minimum absolute atomic E-state index is 0.117. The van der Waals surface area contributed by atoms with Crippen molar-refractivity contribution in [3.8, 4) is 22.2 Å². The maximum absolute atomic E-state index is 14.2. The molecule has 2 aromatic heterocycles. The van der Waals surface area contributed by atoms with Crippen molar-refractivity contribution >= 4 is 50.1 Å². The number of fused-ring (bicyclic) bond motifs is 3. The molecule has 278 valence electrons. The molecule has 15 heteroatoms. The summed E-state index contributed by atoms with van der Waals surface area (Å²) in [6, 6.07) is 4.24. The second-order valence-corrected chi connectivity index (χ2v) is 17.4. The van der Waals surface area contributed by atoms with Crippen LogP contribution in [0.2, 0.25) is 0 Å². The molecule has 52 heavy (non-hydrogen) atoms. The second-order valence-electron chi connectivity index (χ2n) is 14.6. The third kappa shape index (κ3) is 7.21. The maximum atomic E-state index is 14.2. The Balaban J connectivity index is 1.20. The Morgan fingerprint density at radius 3 is 2.67 bits per heavy atom. The van der Waals surface area contributed by atoms with Crippen LogP contribution in [0.1, 0.15) is 82.4 Å². The van der Waals surface area contributed by atoms with E-state index in [4.69, 9.17) is 19.4 Å². The molecule has 7 rings (SSSR count). The number of urea groups is 1. The second kappa shape index (κ2) is 14.3. The molecule has 3 aromatic rings. The Morgan fingerprint density at radius 2 is 1.94 bits per heavy atom. The number of nitrogens with one attached hydrogen (secondary N) is 3. The Kier molecular flexibility index (Phi) is 9.93. The lowest BCUT2D eigenvalue weighted by Crippen LogP contribution is -2.57. The van der Waals surface area contributed by atoms with Gasteiger partial charge in [0.1, 0.15) is 39.9 Å². The number of benzene rings is 1. The molecule has 0 bridgehead atoms. The van der Waals surface area contributed by atoms with Crippen LogP contribution in [0.4, 0.5) is 4.79 Å². The van der Waals surface area contributed by atoms with Crippen molar-refractivity contribution in [3.05, 3.63) is 47.0 Å². The van der Waals surface area contributed by atoms with Gasteiger partial charge in [-0.05, 0) is 63.5 Å². The normalized spacial score (nSPS) is 26.0. The summed E-state index contributed by atoms with van der Waals surface area (Å²) in [6.07, 6.45) is 8.09. The fourth-order valence-corrected chi connectivity index (χ4v) is 9.40. The number of carbonyl (C=O) groups excluding carboxylic acids is 3. The summed E-state index contributed by atoms with van der Waals surface area (Å²) >= 11 is 1.50. The third-order valence-electron chi connectivity index (χ3n) is 10.5. The SMILES string of the molecule is COc1ccc2c(OC3C[C@H]4C(=O)NC5(C(=O)NS(=O)(=O)C6CC6)CC5/C=C\CCCCCNC(=O)N4C3)cc(-c3nc(C(C)C)cs3)nc2c1C. The standard InChI is InChI=1S/C37H46N6O7S2/c1-21(2)28-20-51-34(40-28)27-17-31(26-13-14-30(49-4)22(3)32(26)39-27)50-24-16-29-33(44)41-37(35(45)42-52(47,48)25-11-12-25)18-23(37)10-8-6-5-7-9-15-38-36(46)43(29)19-24/h8,10,13-14,17,20-21,23-25,29H,5-7,9,11-12,15-16,18-19H2,1-4H3,(H,38,46)(H,41,44)(H,42,45)/b10-8-/t23?,24?,29-,37?/m0/s1. The number of hydrogen-bond donors (Lipinski definition) is 3. The first-order chi connectivity index (χ1) is 24.9. The van der Waals surface area contributed by atoms with Crippen LogP contribution in [0.15, 0.2) is 35.7 Å². The quantitative estimate of drug-likeness (QED) is 0.270. The number of nitrogens with zero attached hydrogens (tertiary/aromatic N) is 3. The predicted molar refractivity (Wildman–Crippen MR) is 198 cm³/mol. The monoisotopic (exact) mass is 750 g/mol. The van der Waals surface area contributed by atoms with Crippen LogP contribution in [0.5, 0.6) is 11.5 Å². The minimum Gasteiger partial charge on any atom is -0.496 e. The third-order valence-corrected chi connectivity index (χ3v) is 13.2. The van der Waals surface area contributed by atoms with Crippen LogP contribution in [0, 0.1) is 12.8 Å². The molecule has 2 aliphatic heterocycles. The number of aryl methyl sites for hydroxylation is 1. The molecule has 4 aliphatic rings. The number of amides is 4. The van der Waals surface area contributed by atoms with Gasteiger partial charge in [-0.25, -0.2) is 23.2 Å². The summed E-state index contributed by atoms with van der Waals surface area (Å²) in [6.45, 7) is 6.69. The first-order valence-corrected chi connectivity index (χ1v) is 20.5. The predicted octanol–water partition coefficient (Wildman–Crippen LogP) is 4.94. The Labute approximate surface area is 308 Å². The number of sulfonamides is 1. The number of pyridine rings is 1. The summed E-state index contributed by atoms with van der Waals surface area (Å²) < 4.78 is 40.1. The van der Waals surface area contributed by atoms with Gasteiger partial charge in [-0.1, -0.05) is 32.4 Å². The summed E-state index contributed by atoms with van der Waals surface area (Å²) in [4.78, 5) is 52.7. The molecule has 4 amide bonds. The maximum Gasteiger partial charge on any atom is 0.318 e. The van der Waals surface area contributed by atoms with E-state index in [2.05, 4.69) is 29.2 Å². The molecule has 13 nitrogen and oxygen atoms in total. The van der Waals surface area contributed by atoms with Gasteiger partial charge in [-0.3, -0.25) is 14.3 Å². The molecule has 2 saturated carbocycles. The van der Waals surface area contributed by atoms with Crippen molar-refractivity contribution in [2.24, 2.45) is 5.92 Å². The highest BCUT2D eigenvalue weighted by Gasteiger charge is 2.62. The summed E-state index contributed by atoms with van der Waals surface area (Å²) in [7, 11) is -2.23. The molecule has 1 saturated heterocycles. The van der Waals surface area contributed by atoms with Crippen LogP contribution >= 0.6 is 11.3 Å². The van der Waals surface area contributed by atoms with E-state index in [-0.39, 0.29) is 31.2 Å². The first kappa shape index (κ1) is 36.1. The van der Waals surface area contributed by atoms with Gasteiger partial charge in [0.25, 0.3) is 5.91 Å². The van der Waals surface area contributed by atoms with Crippen molar-refractivity contribution in [1.29, 1.82) is 0 Å². The smallest absolute Gasteiger partial charge is 0.318 e. The van der Waals surface area contributed by atoms with Crippen LogP contribution in [-0.4, -0.2) is 84.3 Å². The largest absolute Gasteiger partial charge is 0.496 e. The molecule has 4 atom stereocenters. The van der Waals surface area contributed by atoms with Crippen LogP contribution in [-0.2, 0) is 19.6 Å². The molecular weight excluding hydrogens is 705 g/mol. The molecular formula is C37H46N6O7S2. The molecule has 2 aliphatic carbocycles. The highest BCUT2D eigenvalue weighted by Crippen LogP contribution is 2.46. The topological polar surface area (TPSA) is 169 Å². The highest BCUT2D eigenvalue weighted by molar-refractivity contribution is 7.91. The van der Waals surface area contributed by atoms with E-state index in [1.54, 1.807) is 7.11 Å². The molecule has 3 unspecified atom stereocenters. The van der Waals surface area contributed by atoms with Crippen LogP contribution in [0.3, 0.4) is 0 Å². The lowest BCUT2D eigenvalue weighted by Gasteiger charge is -2.26. The van der Waals surface area contributed by atoms with Gasteiger partial charge in [0.05, 0.1) is 30.1 Å². The zero-order valence-corrected chi connectivity index (χ0v) is 31.6. The number of carbonyl (C=O) groups is 3. The number of thiazole rings is 1. The van der Waals surface area contributed by atoms with Crippen molar-refractivity contribution in [2.75, 3.05) is 20.2 Å². The Bertz CT molecular complexity index is 2030. The highest BCUT2D eigenvalue weighted by atomic mass is 32.2. The zero-order chi connectivity index (χ0) is 36.8. The first-order valence-electron chi connectivity index (χ1n) is 18.1. The van der Waals surface area contributed by atoms with Gasteiger partial charge in [-0.15, -0.1) is 11.3 Å². The van der Waals surface area contributed by atoms with Crippen molar-refractivity contribution in [3.63, 3.8) is 0 Å². The van der Waals surface area contributed by atoms with Gasteiger partial charge >= 0.3 is 6.03 Å². The van der Waals surface area contributed by atoms with E-state index in [1.165, 1.54) is 16.2 Å². The van der Waals surface area contributed by atoms with Crippen LogP contribution < -0.4 is 24.8 Å². The minimum atomic E-state index is -3.84. The van der Waals surface area contributed by atoms with Gasteiger partial charge in [-0.2, -0.15) is 0 Å². The Hall–Kier alpha value is -4.24. The molecule has 0 spiro atoms. The lowest BCUT2D eigenvalue weighted by atomic mass is 10.1. The lowest BCUT2D eigenvalue weighted by molar-refractivity contribution is -0.131. The number of allylic oxidation sites excluding steroid dienone is 1. The number of aromatic nitrogens is 2. The van der Waals surface area contributed by atoms with Gasteiger partial charge < -0.3 is 25.0 Å². The van der Waals surface area contributed by atoms with E-state index in [1.807, 2.05) is 42.7 Å². The van der Waals surface area contributed by atoms with Gasteiger partial charge in [0, 0.05) is 41.3 Å². The zero-order valence-electron chi connectivity index (χ0n) is 29.9. The molecule has 1 aromatic carbocycles. The average molecular weight is 751 g/mol. The van der Waals surface area contributed by atoms with Crippen molar-refractivity contribution in [1.82, 2.24) is 30.2 Å². The Morgan fingerprint density at radius 1 is 1.13 bits per heavy atom. The van der Waals surface area contributed by atoms with Gasteiger partial charge in [0.2, 0.25) is 15.9 Å². The number of ether oxygens (including phenoxy) is 2. The van der Waals surface area contributed by atoms with E-state index in [9.17, 15) is 22.8 Å². The summed E-state index contributed by atoms with van der Waals surface area (Å²) in [5, 5.41) is 8.81. The fraction of sp³-hybridized carbons (Fsp3) is 0.541. The average Bonchev–Trinajstić information content (AvgIpc) is 3.98. The number of hydrogen-bond acceptors (Lipinski definition) is 10. The summed E-state index contributed by atoms with van der Waals surface area (Å²) in [5.74, 6) is -0.167. The van der Waals surface area contributed by atoms with E-state index < -0.39 is 50.8 Å². The molecule has 3 N–H and O–H groups in total. The van der Waals surface area contributed by atoms with Gasteiger partial charge in [0.15, 0.2) is 0 Å². The number of methoxy groups -OCH3 is 1. The summed E-state index contributed by atoms with van der Waals surface area (Å²) in [5.41, 5.74) is 1.71. The molecule has 3 fully saturated rings.